The van der Waals surface area contributed by atoms with Crippen molar-refractivity contribution in [2.45, 2.75) is 49.6 Å². The lowest BCUT2D eigenvalue weighted by Crippen LogP contribution is -2.41. The molecule has 4 heteroatoms. The van der Waals surface area contributed by atoms with Crippen molar-refractivity contribution in [1.29, 1.82) is 0 Å². The predicted octanol–water partition coefficient (Wildman–Crippen LogP) is 2.92. The molecule has 0 aliphatic heterocycles. The molecule has 0 aromatic carbocycles. The van der Waals surface area contributed by atoms with E-state index in [1.54, 1.807) is 0 Å². The number of imidazole rings is 1. The molecule has 0 saturated heterocycles. The average molecular weight is 267 g/mol. The van der Waals surface area contributed by atoms with E-state index >= 15 is 0 Å². The lowest BCUT2D eigenvalue weighted by Gasteiger charge is -2.37. The van der Waals surface area contributed by atoms with Crippen LogP contribution in [0.15, 0.2) is 17.6 Å². The molecular formula is C14H25N3S. The molecule has 18 heavy (non-hydrogen) atoms. The van der Waals surface area contributed by atoms with Crippen LogP contribution in [0.4, 0.5) is 0 Å². The van der Waals surface area contributed by atoms with Crippen molar-refractivity contribution in [2.75, 3.05) is 7.05 Å². The van der Waals surface area contributed by atoms with Gasteiger partial charge in [0, 0.05) is 30.7 Å². The Hall–Kier alpha value is -0.480. The molecule has 3 unspecified atom stereocenters. The maximum atomic E-state index is 4.45. The zero-order chi connectivity index (χ0) is 13.1. The molecule has 3 nitrogen and oxygen atoms in total. The molecule has 0 spiro atoms. The lowest BCUT2D eigenvalue weighted by molar-refractivity contribution is 0.251. The topological polar surface area (TPSA) is 29.9 Å². The maximum absolute atomic E-state index is 4.45. The van der Waals surface area contributed by atoms with Gasteiger partial charge in [-0.05, 0) is 38.1 Å². The fourth-order valence-corrected chi connectivity index (χ4v) is 4.23. The highest BCUT2D eigenvalue weighted by atomic mass is 32.2. The highest BCUT2D eigenvalue weighted by Gasteiger charge is 2.32. The minimum Gasteiger partial charge on any atom is -0.329 e. The number of aryl methyl sites for hydroxylation is 1. The van der Waals surface area contributed by atoms with Crippen LogP contribution in [0.25, 0.3) is 0 Å². The standard InChI is InChI=1S/C14H25N3S/c1-10(2)11-5-6-12(15-3)13(9-11)18-14-16-7-8-17(14)4/h7-8,10-13,15H,5-6,9H2,1-4H3. The van der Waals surface area contributed by atoms with Gasteiger partial charge in [-0.25, -0.2) is 4.98 Å². The van der Waals surface area contributed by atoms with Gasteiger partial charge in [0.15, 0.2) is 5.16 Å². The molecule has 2 rings (SSSR count). The Kier molecular flexibility index (Phi) is 4.73. The first kappa shape index (κ1) is 13.9. The highest BCUT2D eigenvalue weighted by Crippen LogP contribution is 2.38. The number of nitrogens with zero attached hydrogens (tertiary/aromatic N) is 2. The number of rotatable bonds is 4. The van der Waals surface area contributed by atoms with E-state index in [2.05, 4.69) is 42.8 Å². The second kappa shape index (κ2) is 6.11. The predicted molar refractivity (Wildman–Crippen MR) is 77.9 cm³/mol. The summed E-state index contributed by atoms with van der Waals surface area (Å²) in [5.74, 6) is 1.67. The Morgan fingerprint density at radius 1 is 1.44 bits per heavy atom. The van der Waals surface area contributed by atoms with E-state index in [1.807, 2.05) is 24.2 Å². The number of thioether (sulfide) groups is 1. The van der Waals surface area contributed by atoms with Gasteiger partial charge in [0.05, 0.1) is 0 Å². The molecular weight excluding hydrogens is 242 g/mol. The number of nitrogens with one attached hydrogen (secondary N) is 1. The number of hydrogen-bond acceptors (Lipinski definition) is 3. The molecule has 1 N–H and O–H groups in total. The monoisotopic (exact) mass is 267 g/mol. The quantitative estimate of drug-likeness (QED) is 0.909. The third-order valence-corrected chi connectivity index (χ3v) is 5.61. The second-order valence-electron chi connectivity index (χ2n) is 5.69. The van der Waals surface area contributed by atoms with Crippen molar-refractivity contribution in [3.63, 3.8) is 0 Å². The first-order valence-corrected chi connectivity index (χ1v) is 7.81. The zero-order valence-corrected chi connectivity index (χ0v) is 12.7. The minimum absolute atomic E-state index is 0.627. The van der Waals surface area contributed by atoms with E-state index in [-0.39, 0.29) is 0 Å². The third-order valence-electron chi connectivity index (χ3n) is 4.18. The Labute approximate surface area is 115 Å². The summed E-state index contributed by atoms with van der Waals surface area (Å²) in [5, 5.41) is 5.28. The first-order chi connectivity index (χ1) is 8.61. The highest BCUT2D eigenvalue weighted by molar-refractivity contribution is 7.99. The minimum atomic E-state index is 0.627. The van der Waals surface area contributed by atoms with E-state index in [9.17, 15) is 0 Å². The molecule has 1 aromatic rings. The van der Waals surface area contributed by atoms with Gasteiger partial charge in [-0.2, -0.15) is 0 Å². The van der Waals surface area contributed by atoms with Gasteiger partial charge in [0.1, 0.15) is 0 Å². The summed E-state index contributed by atoms with van der Waals surface area (Å²) in [6, 6.07) is 0.627. The summed E-state index contributed by atoms with van der Waals surface area (Å²) in [6.07, 6.45) is 7.88. The summed E-state index contributed by atoms with van der Waals surface area (Å²) in [7, 11) is 4.17. The number of aromatic nitrogens is 2. The van der Waals surface area contributed by atoms with Gasteiger partial charge in [-0.1, -0.05) is 25.6 Å². The fraction of sp³-hybridized carbons (Fsp3) is 0.786. The van der Waals surface area contributed by atoms with Crippen LogP contribution in [0.5, 0.6) is 0 Å². The molecule has 1 aliphatic carbocycles. The van der Waals surface area contributed by atoms with Crippen LogP contribution in [0.1, 0.15) is 33.1 Å². The molecule has 1 fully saturated rings. The average Bonchev–Trinajstić information content (AvgIpc) is 2.75. The third kappa shape index (κ3) is 3.09. The van der Waals surface area contributed by atoms with Crippen molar-refractivity contribution in [3.05, 3.63) is 12.4 Å². The Morgan fingerprint density at radius 2 is 2.22 bits per heavy atom. The van der Waals surface area contributed by atoms with Crippen molar-refractivity contribution < 1.29 is 0 Å². The van der Waals surface area contributed by atoms with Gasteiger partial charge in [-0.3, -0.25) is 0 Å². The Morgan fingerprint density at radius 3 is 2.78 bits per heavy atom. The maximum Gasteiger partial charge on any atom is 0.167 e. The molecule has 0 radical (unpaired) electrons. The van der Waals surface area contributed by atoms with Crippen molar-refractivity contribution >= 4 is 11.8 Å². The molecule has 1 aliphatic rings. The van der Waals surface area contributed by atoms with E-state index in [0.717, 1.165) is 17.0 Å². The summed E-state index contributed by atoms with van der Waals surface area (Å²) < 4.78 is 2.12. The molecule has 0 amide bonds. The van der Waals surface area contributed by atoms with E-state index in [4.69, 9.17) is 0 Å². The summed E-state index contributed by atoms with van der Waals surface area (Å²) in [5.41, 5.74) is 0. The molecule has 1 saturated carbocycles. The van der Waals surface area contributed by atoms with Gasteiger partial charge >= 0.3 is 0 Å². The Bertz CT molecular complexity index is 375. The number of hydrogen-bond donors (Lipinski definition) is 1. The van der Waals surface area contributed by atoms with Crippen molar-refractivity contribution in [1.82, 2.24) is 14.9 Å². The fourth-order valence-electron chi connectivity index (χ4n) is 2.83. The van der Waals surface area contributed by atoms with Crippen LogP contribution >= 0.6 is 11.8 Å². The lowest BCUT2D eigenvalue weighted by atomic mass is 9.79. The van der Waals surface area contributed by atoms with Crippen molar-refractivity contribution in [3.8, 4) is 0 Å². The Balaban J connectivity index is 2.04. The van der Waals surface area contributed by atoms with E-state index in [0.29, 0.717) is 11.3 Å². The smallest absolute Gasteiger partial charge is 0.167 e. The second-order valence-corrected chi connectivity index (χ2v) is 6.90. The molecule has 1 heterocycles. The van der Waals surface area contributed by atoms with Crippen LogP contribution in [-0.4, -0.2) is 27.9 Å². The van der Waals surface area contributed by atoms with Crippen LogP contribution in [0.2, 0.25) is 0 Å². The van der Waals surface area contributed by atoms with Gasteiger partial charge < -0.3 is 9.88 Å². The largest absolute Gasteiger partial charge is 0.329 e. The van der Waals surface area contributed by atoms with Crippen LogP contribution in [-0.2, 0) is 7.05 Å². The first-order valence-electron chi connectivity index (χ1n) is 6.93. The SMILES string of the molecule is CNC1CCC(C(C)C)CC1Sc1nccn1C. The molecule has 3 atom stereocenters. The van der Waals surface area contributed by atoms with Gasteiger partial charge in [-0.15, -0.1) is 0 Å². The van der Waals surface area contributed by atoms with E-state index < -0.39 is 0 Å². The molecule has 0 bridgehead atoms. The molecule has 1 aromatic heterocycles. The molecule has 102 valence electrons. The normalized spacial score (nSPS) is 28.8. The zero-order valence-electron chi connectivity index (χ0n) is 11.9. The van der Waals surface area contributed by atoms with Crippen LogP contribution in [0.3, 0.4) is 0 Å². The summed E-state index contributed by atoms with van der Waals surface area (Å²) in [4.78, 5) is 4.45. The van der Waals surface area contributed by atoms with Crippen molar-refractivity contribution in [2.24, 2.45) is 18.9 Å². The van der Waals surface area contributed by atoms with Crippen LogP contribution in [0, 0.1) is 11.8 Å². The summed E-state index contributed by atoms with van der Waals surface area (Å²) >= 11 is 1.94. The van der Waals surface area contributed by atoms with Gasteiger partial charge in [0.2, 0.25) is 0 Å². The van der Waals surface area contributed by atoms with E-state index in [1.165, 1.54) is 19.3 Å². The summed E-state index contributed by atoms with van der Waals surface area (Å²) in [6.45, 7) is 4.71. The van der Waals surface area contributed by atoms with Crippen LogP contribution < -0.4 is 5.32 Å². The van der Waals surface area contributed by atoms with Gasteiger partial charge in [0.25, 0.3) is 0 Å².